The van der Waals surface area contributed by atoms with Gasteiger partial charge in [0.05, 0.1) is 4.90 Å². The van der Waals surface area contributed by atoms with Crippen LogP contribution in [-0.4, -0.2) is 35.6 Å². The maximum absolute atomic E-state index is 14.4. The van der Waals surface area contributed by atoms with Crippen molar-refractivity contribution in [3.05, 3.63) is 59.5 Å². The van der Waals surface area contributed by atoms with E-state index < -0.39 is 10.0 Å². The molecule has 4 N–H and O–H groups in total. The third kappa shape index (κ3) is 4.49. The van der Waals surface area contributed by atoms with Gasteiger partial charge in [0.2, 0.25) is 16.0 Å². The molecule has 12 heteroatoms. The van der Waals surface area contributed by atoms with Crippen LogP contribution in [0.3, 0.4) is 0 Å². The normalized spacial score (nSPS) is 11.3. The zero-order chi connectivity index (χ0) is 22.3. The van der Waals surface area contributed by atoms with E-state index in [1.807, 2.05) is 0 Å². The van der Waals surface area contributed by atoms with Gasteiger partial charge in [-0.1, -0.05) is 6.07 Å². The Hall–Kier alpha value is -3.28. The van der Waals surface area contributed by atoms with Crippen molar-refractivity contribution in [2.24, 2.45) is 5.14 Å². The molecule has 0 atom stereocenters. The Kier molecular flexibility index (Phi) is 6.35. The SMILES string of the molecule is Cc1cc(Nc2nccc(N(C)c3n[nH]c4c(F)c(C)ccc34)n2)cc(S(N)(=O)=O)c1.Cl. The monoisotopic (exact) mass is 477 g/mol. The summed E-state index contributed by atoms with van der Waals surface area (Å²) in [5.74, 6) is 0.911. The Labute approximate surface area is 190 Å². The number of aromatic nitrogens is 4. The predicted octanol–water partition coefficient (Wildman–Crippen LogP) is 3.69. The van der Waals surface area contributed by atoms with Crippen LogP contribution in [0.4, 0.5) is 27.7 Å². The Bertz CT molecular complexity index is 1410. The van der Waals surface area contributed by atoms with Crippen molar-refractivity contribution in [2.45, 2.75) is 18.7 Å². The summed E-state index contributed by atoms with van der Waals surface area (Å²) in [5.41, 5.74) is 2.04. The highest BCUT2D eigenvalue weighted by molar-refractivity contribution is 7.89. The van der Waals surface area contributed by atoms with Crippen LogP contribution >= 0.6 is 12.4 Å². The van der Waals surface area contributed by atoms with Crippen LogP contribution in [0, 0.1) is 19.7 Å². The molecule has 0 aliphatic heterocycles. The summed E-state index contributed by atoms with van der Waals surface area (Å²) in [6.07, 6.45) is 1.55. The highest BCUT2D eigenvalue weighted by Gasteiger charge is 2.17. The molecule has 0 unspecified atom stereocenters. The predicted molar refractivity (Wildman–Crippen MR) is 124 cm³/mol. The molecule has 2 aromatic heterocycles. The summed E-state index contributed by atoms with van der Waals surface area (Å²) in [6, 6.07) is 9.82. The van der Waals surface area contributed by atoms with Gasteiger partial charge in [-0.3, -0.25) is 5.10 Å². The van der Waals surface area contributed by atoms with Crippen molar-refractivity contribution >= 4 is 56.6 Å². The Morgan fingerprint density at radius 1 is 1.16 bits per heavy atom. The van der Waals surface area contributed by atoms with Gasteiger partial charge in [0.1, 0.15) is 11.3 Å². The van der Waals surface area contributed by atoms with Crippen molar-refractivity contribution < 1.29 is 12.8 Å². The summed E-state index contributed by atoms with van der Waals surface area (Å²) in [4.78, 5) is 10.3. The number of hydrogen-bond donors (Lipinski definition) is 3. The van der Waals surface area contributed by atoms with Crippen molar-refractivity contribution in [1.29, 1.82) is 0 Å². The quantitative estimate of drug-likeness (QED) is 0.399. The fourth-order valence-electron chi connectivity index (χ4n) is 3.22. The fourth-order valence-corrected chi connectivity index (χ4v) is 3.86. The molecular formula is C20H21ClFN7O2S. The van der Waals surface area contributed by atoms with Crippen LogP contribution in [0.2, 0.25) is 0 Å². The van der Waals surface area contributed by atoms with Crippen LogP contribution in [0.5, 0.6) is 0 Å². The van der Waals surface area contributed by atoms with E-state index in [1.165, 1.54) is 12.1 Å². The number of nitrogens with zero attached hydrogens (tertiary/aromatic N) is 4. The van der Waals surface area contributed by atoms with Gasteiger partial charge >= 0.3 is 0 Å². The van der Waals surface area contributed by atoms with Crippen LogP contribution in [0.25, 0.3) is 10.9 Å². The first-order valence-corrected chi connectivity index (χ1v) is 10.8. The van der Waals surface area contributed by atoms with Gasteiger partial charge in [-0.15, -0.1) is 12.4 Å². The molecule has 2 heterocycles. The lowest BCUT2D eigenvalue weighted by molar-refractivity contribution is 0.597. The number of primary sulfonamides is 1. The number of H-pyrrole nitrogens is 1. The standard InChI is InChI=1S/C20H20FN7O2S.ClH/c1-11-8-13(10-14(9-11)31(22,29)30)24-20-23-7-6-16(25-20)28(3)19-15-5-4-12(2)17(21)18(15)26-27-19;/h4-10H,1-3H3,(H,26,27)(H2,22,29,30)(H,23,24,25);1H. The minimum absolute atomic E-state index is 0. The summed E-state index contributed by atoms with van der Waals surface area (Å²) < 4.78 is 37.7. The maximum atomic E-state index is 14.4. The minimum Gasteiger partial charge on any atom is -0.324 e. The average molecular weight is 478 g/mol. The molecule has 0 aliphatic rings. The maximum Gasteiger partial charge on any atom is 0.238 e. The second-order valence-corrected chi connectivity index (χ2v) is 8.73. The first-order chi connectivity index (χ1) is 14.6. The average Bonchev–Trinajstić information content (AvgIpc) is 3.14. The van der Waals surface area contributed by atoms with Crippen molar-refractivity contribution in [3.63, 3.8) is 0 Å². The van der Waals surface area contributed by atoms with Gasteiger partial charge in [0.15, 0.2) is 11.6 Å². The fraction of sp³-hybridized carbons (Fsp3) is 0.150. The van der Waals surface area contributed by atoms with Gasteiger partial charge in [0, 0.05) is 24.3 Å². The number of sulfonamides is 1. The number of fused-ring (bicyclic) bond motifs is 1. The summed E-state index contributed by atoms with van der Waals surface area (Å²) in [5, 5.41) is 15.8. The molecule has 0 amide bonds. The number of nitrogens with two attached hydrogens (primary N) is 1. The van der Waals surface area contributed by atoms with Crippen molar-refractivity contribution in [2.75, 3.05) is 17.3 Å². The van der Waals surface area contributed by atoms with Gasteiger partial charge in [-0.05, 0) is 55.3 Å². The number of benzene rings is 2. The number of rotatable bonds is 5. The number of aromatic amines is 1. The van der Waals surface area contributed by atoms with Crippen LogP contribution in [0.15, 0.2) is 47.5 Å². The summed E-state index contributed by atoms with van der Waals surface area (Å²) in [6.45, 7) is 3.45. The van der Waals surface area contributed by atoms with Crippen molar-refractivity contribution in [1.82, 2.24) is 20.2 Å². The lowest BCUT2D eigenvalue weighted by Crippen LogP contribution is -2.14. The number of aryl methyl sites for hydroxylation is 2. The Morgan fingerprint density at radius 3 is 2.62 bits per heavy atom. The third-order valence-electron chi connectivity index (χ3n) is 4.79. The largest absolute Gasteiger partial charge is 0.324 e. The second kappa shape index (κ2) is 8.69. The zero-order valence-electron chi connectivity index (χ0n) is 17.4. The number of hydrogen-bond acceptors (Lipinski definition) is 7. The van der Waals surface area contributed by atoms with E-state index >= 15 is 0 Å². The molecule has 0 radical (unpaired) electrons. The minimum atomic E-state index is -3.85. The molecule has 0 aliphatic carbocycles. The van der Waals surface area contributed by atoms with E-state index in [2.05, 4.69) is 25.5 Å². The van der Waals surface area contributed by atoms with Gasteiger partial charge < -0.3 is 10.2 Å². The first-order valence-electron chi connectivity index (χ1n) is 9.25. The number of halogens is 2. The molecule has 0 bridgehead atoms. The van der Waals surface area contributed by atoms with Crippen LogP contribution in [-0.2, 0) is 10.0 Å². The zero-order valence-corrected chi connectivity index (χ0v) is 19.1. The number of nitrogens with one attached hydrogen (secondary N) is 2. The highest BCUT2D eigenvalue weighted by atomic mass is 35.5. The Balaban J connectivity index is 0.00000289. The lowest BCUT2D eigenvalue weighted by Gasteiger charge is -2.17. The molecule has 0 saturated heterocycles. The molecule has 32 heavy (non-hydrogen) atoms. The van der Waals surface area contributed by atoms with E-state index in [-0.39, 0.29) is 29.1 Å². The lowest BCUT2D eigenvalue weighted by atomic mass is 10.1. The molecule has 2 aromatic carbocycles. The molecule has 9 nitrogen and oxygen atoms in total. The second-order valence-electron chi connectivity index (χ2n) is 7.17. The topological polar surface area (TPSA) is 130 Å². The van der Waals surface area contributed by atoms with E-state index in [1.54, 1.807) is 56.3 Å². The Morgan fingerprint density at radius 2 is 1.91 bits per heavy atom. The van der Waals surface area contributed by atoms with E-state index in [0.29, 0.717) is 39.4 Å². The number of anilines is 4. The van der Waals surface area contributed by atoms with Gasteiger partial charge in [-0.25, -0.2) is 22.9 Å². The van der Waals surface area contributed by atoms with Crippen molar-refractivity contribution in [3.8, 4) is 0 Å². The van der Waals surface area contributed by atoms with E-state index in [4.69, 9.17) is 5.14 Å². The third-order valence-corrected chi connectivity index (χ3v) is 5.68. The molecule has 168 valence electrons. The smallest absolute Gasteiger partial charge is 0.238 e. The highest BCUT2D eigenvalue weighted by Crippen LogP contribution is 2.30. The summed E-state index contributed by atoms with van der Waals surface area (Å²) >= 11 is 0. The molecule has 0 fully saturated rings. The van der Waals surface area contributed by atoms with Gasteiger partial charge in [-0.2, -0.15) is 10.1 Å². The molecule has 0 spiro atoms. The van der Waals surface area contributed by atoms with Crippen LogP contribution in [0.1, 0.15) is 11.1 Å². The van der Waals surface area contributed by atoms with Gasteiger partial charge in [0.25, 0.3) is 0 Å². The molecule has 4 rings (SSSR count). The van der Waals surface area contributed by atoms with E-state index in [9.17, 15) is 12.8 Å². The van der Waals surface area contributed by atoms with Crippen LogP contribution < -0.4 is 15.4 Å². The van der Waals surface area contributed by atoms with E-state index in [0.717, 1.165) is 0 Å². The molecule has 0 saturated carbocycles. The summed E-state index contributed by atoms with van der Waals surface area (Å²) in [7, 11) is -2.09. The molecule has 4 aromatic rings. The first kappa shape index (κ1) is 23.4. The molecular weight excluding hydrogens is 457 g/mol.